The van der Waals surface area contributed by atoms with Crippen molar-refractivity contribution in [2.75, 3.05) is 11.9 Å². The lowest BCUT2D eigenvalue weighted by molar-refractivity contribution is -0.124. The number of hydrogen-bond acceptors (Lipinski definition) is 5. The van der Waals surface area contributed by atoms with Crippen LogP contribution in [0.2, 0.25) is 0 Å². The molecule has 1 fully saturated rings. The van der Waals surface area contributed by atoms with Crippen LogP contribution in [-0.4, -0.2) is 30.4 Å². The van der Waals surface area contributed by atoms with E-state index in [1.165, 1.54) is 6.07 Å². The predicted octanol–water partition coefficient (Wildman–Crippen LogP) is 2.48. The summed E-state index contributed by atoms with van der Waals surface area (Å²) in [6.07, 6.45) is 1.19. The summed E-state index contributed by atoms with van der Waals surface area (Å²) in [5, 5.41) is 5.05. The standard InChI is InChI=1S/C19H16N2O5/c22-17-14-7-6-13(10-15(14)18(23)21-17)26-12-4-1-3-11(9-12)20-19(24)16-5-2-8-25-16/h1,3-4,6-7,9-10,16H,2,5,8H2,(H,20,24)(H,21,22,23). The van der Waals surface area contributed by atoms with Gasteiger partial charge in [-0.3, -0.25) is 19.7 Å². The second kappa shape index (κ2) is 6.61. The number of fused-ring (bicyclic) bond motifs is 1. The van der Waals surface area contributed by atoms with E-state index in [0.717, 1.165) is 12.8 Å². The molecule has 0 radical (unpaired) electrons. The monoisotopic (exact) mass is 352 g/mol. The van der Waals surface area contributed by atoms with E-state index >= 15 is 0 Å². The first-order chi connectivity index (χ1) is 12.6. The summed E-state index contributed by atoms with van der Waals surface area (Å²) < 4.78 is 11.1. The SMILES string of the molecule is O=C1NC(=O)c2cc(Oc3cccc(NC(=O)C4CCCO4)c3)ccc21. The number of hydrogen-bond donors (Lipinski definition) is 2. The summed E-state index contributed by atoms with van der Waals surface area (Å²) >= 11 is 0. The molecule has 3 amide bonds. The minimum absolute atomic E-state index is 0.174. The normalized spacial score (nSPS) is 18.4. The maximum absolute atomic E-state index is 12.1. The van der Waals surface area contributed by atoms with Crippen molar-refractivity contribution in [1.82, 2.24) is 5.32 Å². The third-order valence-corrected chi connectivity index (χ3v) is 4.27. The Morgan fingerprint density at radius 2 is 1.88 bits per heavy atom. The maximum Gasteiger partial charge on any atom is 0.259 e. The van der Waals surface area contributed by atoms with Gasteiger partial charge in [0, 0.05) is 18.4 Å². The smallest absolute Gasteiger partial charge is 0.259 e. The van der Waals surface area contributed by atoms with E-state index in [1.54, 1.807) is 36.4 Å². The minimum Gasteiger partial charge on any atom is -0.457 e. The topological polar surface area (TPSA) is 93.7 Å². The molecule has 132 valence electrons. The molecule has 7 heteroatoms. The molecule has 0 bridgehead atoms. The summed E-state index contributed by atoms with van der Waals surface area (Å²) in [4.78, 5) is 35.4. The van der Waals surface area contributed by atoms with Crippen LogP contribution in [0.15, 0.2) is 42.5 Å². The molecule has 7 nitrogen and oxygen atoms in total. The van der Waals surface area contributed by atoms with Crippen LogP contribution in [0.3, 0.4) is 0 Å². The second-order valence-electron chi connectivity index (χ2n) is 6.11. The molecule has 4 rings (SSSR count). The Morgan fingerprint density at radius 3 is 2.69 bits per heavy atom. The van der Waals surface area contributed by atoms with Gasteiger partial charge in [0.2, 0.25) is 0 Å². The first kappa shape index (κ1) is 16.3. The fourth-order valence-corrected chi connectivity index (χ4v) is 2.99. The van der Waals surface area contributed by atoms with Gasteiger partial charge in [0.15, 0.2) is 0 Å². The number of carbonyl (C=O) groups is 3. The van der Waals surface area contributed by atoms with Gasteiger partial charge in [-0.25, -0.2) is 0 Å². The lowest BCUT2D eigenvalue weighted by Crippen LogP contribution is -2.26. The average Bonchev–Trinajstić information content (AvgIpc) is 3.25. The molecular weight excluding hydrogens is 336 g/mol. The van der Waals surface area contributed by atoms with Crippen molar-refractivity contribution >= 4 is 23.4 Å². The van der Waals surface area contributed by atoms with Gasteiger partial charge >= 0.3 is 0 Å². The largest absolute Gasteiger partial charge is 0.457 e. The summed E-state index contributed by atoms with van der Waals surface area (Å²) in [6.45, 7) is 0.607. The molecule has 26 heavy (non-hydrogen) atoms. The Bertz CT molecular complexity index is 903. The predicted molar refractivity (Wildman–Crippen MR) is 92.4 cm³/mol. The summed E-state index contributed by atoms with van der Waals surface area (Å²) in [5.41, 5.74) is 1.22. The van der Waals surface area contributed by atoms with Gasteiger partial charge < -0.3 is 14.8 Å². The molecule has 2 aliphatic rings. The molecule has 2 aromatic rings. The zero-order chi connectivity index (χ0) is 18.1. The Kier molecular flexibility index (Phi) is 4.14. The number of benzene rings is 2. The molecule has 0 spiro atoms. The van der Waals surface area contributed by atoms with Crippen LogP contribution in [0.4, 0.5) is 5.69 Å². The van der Waals surface area contributed by atoms with Crippen molar-refractivity contribution < 1.29 is 23.9 Å². The number of carbonyl (C=O) groups excluding carboxylic acids is 3. The van der Waals surface area contributed by atoms with Gasteiger partial charge in [0.05, 0.1) is 11.1 Å². The molecule has 1 unspecified atom stereocenters. The molecule has 2 aromatic carbocycles. The highest BCUT2D eigenvalue weighted by atomic mass is 16.5. The highest BCUT2D eigenvalue weighted by molar-refractivity contribution is 6.21. The van der Waals surface area contributed by atoms with Crippen molar-refractivity contribution in [3.8, 4) is 11.5 Å². The average molecular weight is 352 g/mol. The van der Waals surface area contributed by atoms with Crippen LogP contribution in [0.25, 0.3) is 0 Å². The van der Waals surface area contributed by atoms with E-state index in [9.17, 15) is 14.4 Å². The Labute approximate surface area is 149 Å². The molecule has 0 saturated carbocycles. The van der Waals surface area contributed by atoms with Crippen molar-refractivity contribution in [3.63, 3.8) is 0 Å². The molecular formula is C19H16N2O5. The minimum atomic E-state index is -0.437. The fourth-order valence-electron chi connectivity index (χ4n) is 2.99. The van der Waals surface area contributed by atoms with Gasteiger partial charge in [-0.05, 0) is 43.2 Å². The van der Waals surface area contributed by atoms with Crippen LogP contribution in [0.1, 0.15) is 33.6 Å². The number of rotatable bonds is 4. The highest BCUT2D eigenvalue weighted by Crippen LogP contribution is 2.28. The van der Waals surface area contributed by atoms with E-state index < -0.39 is 17.9 Å². The zero-order valence-corrected chi connectivity index (χ0v) is 13.8. The zero-order valence-electron chi connectivity index (χ0n) is 13.8. The molecule has 0 aromatic heterocycles. The fraction of sp³-hybridized carbons (Fsp3) is 0.211. The van der Waals surface area contributed by atoms with Crippen LogP contribution >= 0.6 is 0 Å². The first-order valence-corrected chi connectivity index (χ1v) is 8.30. The lowest BCUT2D eigenvalue weighted by atomic mass is 10.1. The van der Waals surface area contributed by atoms with Crippen molar-refractivity contribution in [2.45, 2.75) is 18.9 Å². The molecule has 2 aliphatic heterocycles. The van der Waals surface area contributed by atoms with Gasteiger partial charge in [0.1, 0.15) is 17.6 Å². The van der Waals surface area contributed by atoms with E-state index in [4.69, 9.17) is 9.47 Å². The third-order valence-electron chi connectivity index (χ3n) is 4.27. The Morgan fingerprint density at radius 1 is 1.08 bits per heavy atom. The van der Waals surface area contributed by atoms with Crippen LogP contribution < -0.4 is 15.4 Å². The van der Waals surface area contributed by atoms with Gasteiger partial charge in [-0.1, -0.05) is 6.07 Å². The number of ether oxygens (including phenoxy) is 2. The molecule has 2 heterocycles. The van der Waals surface area contributed by atoms with Crippen LogP contribution in [0, 0.1) is 0 Å². The van der Waals surface area contributed by atoms with E-state index in [0.29, 0.717) is 29.4 Å². The summed E-state index contributed by atoms with van der Waals surface area (Å²) in [7, 11) is 0. The maximum atomic E-state index is 12.1. The Hall–Kier alpha value is -3.19. The van der Waals surface area contributed by atoms with Crippen molar-refractivity contribution in [2.24, 2.45) is 0 Å². The van der Waals surface area contributed by atoms with Crippen molar-refractivity contribution in [3.05, 3.63) is 53.6 Å². The highest BCUT2D eigenvalue weighted by Gasteiger charge is 2.27. The summed E-state index contributed by atoms with van der Waals surface area (Å²) in [6, 6.07) is 11.6. The van der Waals surface area contributed by atoms with Gasteiger partial charge in [0.25, 0.3) is 17.7 Å². The van der Waals surface area contributed by atoms with Gasteiger partial charge in [-0.2, -0.15) is 0 Å². The van der Waals surface area contributed by atoms with Crippen LogP contribution in [0.5, 0.6) is 11.5 Å². The van der Waals surface area contributed by atoms with Gasteiger partial charge in [-0.15, -0.1) is 0 Å². The van der Waals surface area contributed by atoms with E-state index in [2.05, 4.69) is 10.6 Å². The molecule has 1 saturated heterocycles. The van der Waals surface area contributed by atoms with E-state index in [-0.39, 0.29) is 11.5 Å². The second-order valence-corrected chi connectivity index (χ2v) is 6.11. The molecule has 1 atom stereocenters. The number of nitrogens with one attached hydrogen (secondary N) is 2. The number of anilines is 1. The number of amides is 3. The van der Waals surface area contributed by atoms with E-state index in [1.807, 2.05) is 0 Å². The van der Waals surface area contributed by atoms with Crippen LogP contribution in [-0.2, 0) is 9.53 Å². The molecule has 2 N–H and O–H groups in total. The number of imide groups is 1. The third kappa shape index (κ3) is 3.16. The first-order valence-electron chi connectivity index (χ1n) is 8.30. The molecule has 0 aliphatic carbocycles. The lowest BCUT2D eigenvalue weighted by Gasteiger charge is -2.12. The quantitative estimate of drug-likeness (QED) is 0.825. The summed E-state index contributed by atoms with van der Waals surface area (Å²) in [5.74, 6) is -0.0909. The van der Waals surface area contributed by atoms with Crippen molar-refractivity contribution in [1.29, 1.82) is 0 Å². The Balaban J connectivity index is 1.49.